The normalized spacial score (nSPS) is 22.4. The molecule has 3 unspecified atom stereocenters. The number of hydrogen-bond acceptors (Lipinski definition) is 2. The molecule has 3 atom stereocenters. The van der Waals surface area contributed by atoms with Gasteiger partial charge < -0.3 is 10.6 Å². The van der Waals surface area contributed by atoms with Crippen LogP contribution in [-0.4, -0.2) is 29.9 Å². The van der Waals surface area contributed by atoms with Gasteiger partial charge in [0.15, 0.2) is 0 Å². The molecule has 1 aromatic rings. The van der Waals surface area contributed by atoms with Crippen LogP contribution >= 0.6 is 11.6 Å². The second-order valence-corrected chi connectivity index (χ2v) is 6.26. The second kappa shape index (κ2) is 6.59. The molecule has 1 amide bonds. The molecule has 2 N–H and O–H groups in total. The van der Waals surface area contributed by atoms with Gasteiger partial charge in [0, 0.05) is 24.2 Å². The largest absolute Gasteiger partial charge is 0.342 e. The molecule has 110 valence electrons. The molecule has 1 fully saturated rings. The van der Waals surface area contributed by atoms with Crippen LogP contribution < -0.4 is 5.73 Å². The highest BCUT2D eigenvalue weighted by molar-refractivity contribution is 6.30. The molecule has 0 bridgehead atoms. The number of benzene rings is 1. The highest BCUT2D eigenvalue weighted by atomic mass is 35.5. The summed E-state index contributed by atoms with van der Waals surface area (Å²) >= 11 is 6.00. The molecule has 0 saturated carbocycles. The molecule has 0 aliphatic carbocycles. The number of nitrogens with zero attached hydrogens (tertiary/aromatic N) is 1. The van der Waals surface area contributed by atoms with Gasteiger partial charge >= 0.3 is 0 Å². The van der Waals surface area contributed by atoms with Crippen LogP contribution in [0, 0.1) is 5.92 Å². The van der Waals surface area contributed by atoms with Gasteiger partial charge in [0.05, 0.1) is 5.92 Å². The van der Waals surface area contributed by atoms with E-state index in [2.05, 4.69) is 0 Å². The highest BCUT2D eigenvalue weighted by Crippen LogP contribution is 2.25. The lowest BCUT2D eigenvalue weighted by Gasteiger charge is -2.36. The predicted octanol–water partition coefficient (Wildman–Crippen LogP) is 3.03. The van der Waals surface area contributed by atoms with E-state index in [9.17, 15) is 4.79 Å². The lowest BCUT2D eigenvalue weighted by molar-refractivity contribution is -0.134. The van der Waals surface area contributed by atoms with Crippen LogP contribution in [0.15, 0.2) is 24.3 Å². The summed E-state index contributed by atoms with van der Waals surface area (Å²) in [5.74, 6) is 0.442. The number of carbonyl (C=O) groups is 1. The van der Waals surface area contributed by atoms with Crippen LogP contribution in [-0.2, 0) is 4.79 Å². The molecular weight excluding hydrogens is 272 g/mol. The van der Waals surface area contributed by atoms with Crippen molar-refractivity contribution in [2.24, 2.45) is 11.7 Å². The number of hydrogen-bond donors (Lipinski definition) is 1. The molecule has 1 aromatic carbocycles. The summed E-state index contributed by atoms with van der Waals surface area (Å²) in [6.45, 7) is 5.59. The zero-order valence-electron chi connectivity index (χ0n) is 12.2. The Hall–Kier alpha value is -1.06. The fourth-order valence-electron chi connectivity index (χ4n) is 2.83. The Kier molecular flexibility index (Phi) is 5.06. The van der Waals surface area contributed by atoms with Crippen molar-refractivity contribution in [1.29, 1.82) is 0 Å². The number of piperidine rings is 1. The Bertz CT molecular complexity index is 475. The number of amides is 1. The van der Waals surface area contributed by atoms with Crippen LogP contribution in [0.2, 0.25) is 5.02 Å². The first-order valence-corrected chi connectivity index (χ1v) is 7.66. The van der Waals surface area contributed by atoms with Gasteiger partial charge in [-0.3, -0.25) is 4.79 Å². The first-order valence-electron chi connectivity index (χ1n) is 7.29. The topological polar surface area (TPSA) is 46.3 Å². The first-order chi connectivity index (χ1) is 9.49. The maximum atomic E-state index is 12.6. The molecule has 0 radical (unpaired) electrons. The van der Waals surface area contributed by atoms with E-state index in [1.54, 1.807) is 0 Å². The van der Waals surface area contributed by atoms with Gasteiger partial charge in [-0.15, -0.1) is 0 Å². The van der Waals surface area contributed by atoms with Crippen LogP contribution in [0.25, 0.3) is 0 Å². The van der Waals surface area contributed by atoms with E-state index in [0.29, 0.717) is 10.9 Å². The molecule has 0 spiro atoms. The average Bonchev–Trinajstić information content (AvgIpc) is 2.45. The lowest BCUT2D eigenvalue weighted by Crippen LogP contribution is -2.46. The van der Waals surface area contributed by atoms with Crippen LogP contribution in [0.5, 0.6) is 0 Å². The van der Waals surface area contributed by atoms with Gasteiger partial charge in [-0.2, -0.15) is 0 Å². The van der Waals surface area contributed by atoms with E-state index in [4.69, 9.17) is 17.3 Å². The Labute approximate surface area is 126 Å². The smallest absolute Gasteiger partial charge is 0.229 e. The molecular formula is C16H23ClN2O. The second-order valence-electron chi connectivity index (χ2n) is 5.82. The predicted molar refractivity (Wildman–Crippen MR) is 82.8 cm³/mol. The van der Waals surface area contributed by atoms with E-state index < -0.39 is 0 Å². The third kappa shape index (κ3) is 3.53. The molecule has 1 aliphatic rings. The SMILES string of the molecule is CC(C(=O)N1CCCC(C(C)N)C1)c1cccc(Cl)c1. The minimum atomic E-state index is -0.152. The third-order valence-corrected chi connectivity index (χ3v) is 4.47. The van der Waals surface area contributed by atoms with Crippen LogP contribution in [0.4, 0.5) is 0 Å². The van der Waals surface area contributed by atoms with Crippen molar-refractivity contribution in [3.63, 3.8) is 0 Å². The van der Waals surface area contributed by atoms with E-state index in [0.717, 1.165) is 31.5 Å². The van der Waals surface area contributed by atoms with E-state index in [1.807, 2.05) is 43.0 Å². The molecule has 1 saturated heterocycles. The van der Waals surface area contributed by atoms with Crippen molar-refractivity contribution < 1.29 is 4.79 Å². The Morgan fingerprint density at radius 3 is 2.85 bits per heavy atom. The van der Waals surface area contributed by atoms with Gasteiger partial charge in [-0.05, 0) is 50.3 Å². The van der Waals surface area contributed by atoms with Gasteiger partial charge in [0.2, 0.25) is 5.91 Å². The van der Waals surface area contributed by atoms with E-state index in [-0.39, 0.29) is 17.9 Å². The summed E-state index contributed by atoms with van der Waals surface area (Å²) in [6, 6.07) is 7.70. The number of carbonyl (C=O) groups excluding carboxylic acids is 1. The number of rotatable bonds is 3. The maximum Gasteiger partial charge on any atom is 0.229 e. The Morgan fingerprint density at radius 1 is 1.45 bits per heavy atom. The zero-order chi connectivity index (χ0) is 14.7. The summed E-state index contributed by atoms with van der Waals surface area (Å²) in [6.07, 6.45) is 2.16. The zero-order valence-corrected chi connectivity index (χ0v) is 12.9. The summed E-state index contributed by atoms with van der Waals surface area (Å²) in [5, 5.41) is 0.675. The molecule has 2 rings (SSSR count). The number of nitrogens with two attached hydrogens (primary N) is 1. The monoisotopic (exact) mass is 294 g/mol. The lowest BCUT2D eigenvalue weighted by atomic mass is 9.90. The minimum absolute atomic E-state index is 0.145. The van der Waals surface area contributed by atoms with Gasteiger partial charge in [0.1, 0.15) is 0 Å². The minimum Gasteiger partial charge on any atom is -0.342 e. The average molecular weight is 295 g/mol. The Morgan fingerprint density at radius 2 is 2.20 bits per heavy atom. The summed E-state index contributed by atoms with van der Waals surface area (Å²) in [5.41, 5.74) is 6.96. The van der Waals surface area contributed by atoms with Crippen molar-refractivity contribution in [2.45, 2.75) is 38.6 Å². The fourth-order valence-corrected chi connectivity index (χ4v) is 3.03. The third-order valence-electron chi connectivity index (χ3n) is 4.23. The van der Waals surface area contributed by atoms with Crippen LogP contribution in [0.1, 0.15) is 38.2 Å². The molecule has 4 heteroatoms. The highest BCUT2D eigenvalue weighted by Gasteiger charge is 2.28. The molecule has 3 nitrogen and oxygen atoms in total. The van der Waals surface area contributed by atoms with Crippen molar-refractivity contribution >= 4 is 17.5 Å². The van der Waals surface area contributed by atoms with E-state index >= 15 is 0 Å². The van der Waals surface area contributed by atoms with Gasteiger partial charge in [-0.1, -0.05) is 23.7 Å². The Balaban J connectivity index is 2.06. The van der Waals surface area contributed by atoms with Gasteiger partial charge in [-0.25, -0.2) is 0 Å². The number of halogens is 1. The summed E-state index contributed by atoms with van der Waals surface area (Å²) in [4.78, 5) is 14.6. The molecule has 20 heavy (non-hydrogen) atoms. The maximum absolute atomic E-state index is 12.6. The number of likely N-dealkylation sites (tertiary alicyclic amines) is 1. The van der Waals surface area contributed by atoms with Crippen molar-refractivity contribution in [2.75, 3.05) is 13.1 Å². The van der Waals surface area contributed by atoms with Gasteiger partial charge in [0.25, 0.3) is 0 Å². The first kappa shape index (κ1) is 15.3. The molecule has 1 heterocycles. The molecule has 1 aliphatic heterocycles. The van der Waals surface area contributed by atoms with Crippen molar-refractivity contribution in [3.05, 3.63) is 34.9 Å². The van der Waals surface area contributed by atoms with Crippen molar-refractivity contribution in [3.8, 4) is 0 Å². The van der Waals surface area contributed by atoms with Crippen molar-refractivity contribution in [1.82, 2.24) is 4.90 Å². The summed E-state index contributed by atoms with van der Waals surface area (Å²) < 4.78 is 0. The fraction of sp³-hybridized carbons (Fsp3) is 0.562. The molecule has 0 aromatic heterocycles. The standard InChI is InChI=1S/C16H23ClN2O/c1-11(13-5-3-7-15(17)9-13)16(20)19-8-4-6-14(10-19)12(2)18/h3,5,7,9,11-12,14H,4,6,8,10,18H2,1-2H3. The summed E-state index contributed by atoms with van der Waals surface area (Å²) in [7, 11) is 0. The quantitative estimate of drug-likeness (QED) is 0.931. The van der Waals surface area contributed by atoms with Crippen LogP contribution in [0.3, 0.4) is 0 Å². The van der Waals surface area contributed by atoms with E-state index in [1.165, 1.54) is 0 Å².